The first-order valence-corrected chi connectivity index (χ1v) is 9.15. The predicted octanol–water partition coefficient (Wildman–Crippen LogP) is 1.27. The van der Waals surface area contributed by atoms with E-state index < -0.39 is 30.4 Å². The van der Waals surface area contributed by atoms with Crippen molar-refractivity contribution in [1.82, 2.24) is 4.90 Å². The van der Waals surface area contributed by atoms with E-state index in [9.17, 15) is 14.4 Å². The molecule has 0 saturated carbocycles. The molecule has 4 N–H and O–H groups in total. The molecule has 2 aromatic rings. The van der Waals surface area contributed by atoms with Gasteiger partial charge in [0.15, 0.2) is 18.1 Å². The maximum absolute atomic E-state index is 13.2. The van der Waals surface area contributed by atoms with Crippen LogP contribution in [0.15, 0.2) is 36.4 Å². The molecule has 2 aromatic carbocycles. The maximum atomic E-state index is 13.2. The molecule has 1 aliphatic heterocycles. The minimum absolute atomic E-state index is 0.0713. The molecule has 0 spiro atoms. The molecule has 29 heavy (non-hydrogen) atoms. The number of primary amides is 2. The quantitative estimate of drug-likeness (QED) is 0.732. The van der Waals surface area contributed by atoms with Crippen LogP contribution in [0.1, 0.15) is 21.5 Å². The number of methoxy groups -OCH3 is 1. The van der Waals surface area contributed by atoms with Crippen molar-refractivity contribution in [2.75, 3.05) is 13.7 Å². The summed E-state index contributed by atoms with van der Waals surface area (Å²) in [6.07, 6.45) is 0.335. The van der Waals surface area contributed by atoms with E-state index >= 15 is 0 Å². The second-order valence-corrected chi connectivity index (χ2v) is 6.98. The lowest BCUT2D eigenvalue weighted by Crippen LogP contribution is -2.51. The monoisotopic (exact) mass is 417 g/mol. The Labute approximate surface area is 172 Å². The topological polar surface area (TPSA) is 125 Å². The smallest absolute Gasteiger partial charge is 0.255 e. The fourth-order valence-electron chi connectivity index (χ4n) is 3.28. The molecule has 1 heterocycles. The first-order valence-electron chi connectivity index (χ1n) is 8.77. The van der Waals surface area contributed by atoms with Crippen molar-refractivity contribution >= 4 is 29.3 Å². The number of ether oxygens (including phenoxy) is 2. The van der Waals surface area contributed by atoms with Crippen LogP contribution < -0.4 is 20.9 Å². The SMILES string of the molecule is COc1cc(C(=O)N2Cc3ccccc3C[C@H]2C(N)=O)cc(Cl)c1OCC(N)=O. The van der Waals surface area contributed by atoms with Crippen LogP contribution in [0.4, 0.5) is 0 Å². The molecule has 0 unspecified atom stereocenters. The van der Waals surface area contributed by atoms with Gasteiger partial charge in [-0.05, 0) is 23.3 Å². The Bertz CT molecular complexity index is 979. The molecule has 0 aliphatic carbocycles. The minimum Gasteiger partial charge on any atom is -0.493 e. The lowest BCUT2D eigenvalue weighted by molar-refractivity contribution is -0.123. The fourth-order valence-corrected chi connectivity index (χ4v) is 3.55. The molecule has 1 aliphatic rings. The summed E-state index contributed by atoms with van der Waals surface area (Å²) in [5, 5.41) is 0.0713. The van der Waals surface area contributed by atoms with E-state index in [-0.39, 0.29) is 28.6 Å². The number of nitrogens with zero attached hydrogens (tertiary/aromatic N) is 1. The van der Waals surface area contributed by atoms with Gasteiger partial charge in [-0.25, -0.2) is 0 Å². The number of hydrogen-bond donors (Lipinski definition) is 2. The zero-order valence-electron chi connectivity index (χ0n) is 15.7. The number of benzene rings is 2. The standard InChI is InChI=1S/C20H20ClN3O5/c1-28-16-8-13(6-14(21)18(16)29-10-17(22)25)20(27)24-9-12-5-3-2-4-11(12)7-15(24)19(23)26/h2-6,8,15H,7,9-10H2,1H3,(H2,22,25)(H2,23,26)/t15-/m0/s1. The molecular weight excluding hydrogens is 398 g/mol. The van der Waals surface area contributed by atoms with Crippen LogP contribution >= 0.6 is 11.6 Å². The molecule has 0 bridgehead atoms. The Kier molecular flexibility index (Phi) is 5.93. The Hall–Kier alpha value is -3.26. The zero-order valence-corrected chi connectivity index (χ0v) is 16.4. The number of carbonyl (C=O) groups excluding carboxylic acids is 3. The Morgan fingerprint density at radius 2 is 1.86 bits per heavy atom. The second kappa shape index (κ2) is 8.40. The van der Waals surface area contributed by atoms with Gasteiger partial charge in [0.25, 0.3) is 11.8 Å². The van der Waals surface area contributed by atoms with Crippen molar-refractivity contribution < 1.29 is 23.9 Å². The van der Waals surface area contributed by atoms with Crippen LogP contribution in [0, 0.1) is 0 Å². The Balaban J connectivity index is 1.95. The summed E-state index contributed by atoms with van der Waals surface area (Å²) in [6.45, 7) is -0.154. The van der Waals surface area contributed by atoms with Gasteiger partial charge in [0.2, 0.25) is 5.91 Å². The van der Waals surface area contributed by atoms with Gasteiger partial charge in [0.1, 0.15) is 6.04 Å². The maximum Gasteiger partial charge on any atom is 0.255 e. The molecule has 1 atom stereocenters. The first-order chi connectivity index (χ1) is 13.8. The van der Waals surface area contributed by atoms with Gasteiger partial charge in [-0.2, -0.15) is 0 Å². The number of carbonyl (C=O) groups is 3. The van der Waals surface area contributed by atoms with Crippen molar-refractivity contribution in [2.24, 2.45) is 11.5 Å². The van der Waals surface area contributed by atoms with E-state index in [0.717, 1.165) is 11.1 Å². The van der Waals surface area contributed by atoms with E-state index in [4.69, 9.17) is 32.5 Å². The van der Waals surface area contributed by atoms with Gasteiger partial charge in [-0.15, -0.1) is 0 Å². The molecule has 3 rings (SSSR count). The van der Waals surface area contributed by atoms with Gasteiger partial charge < -0.3 is 25.8 Å². The van der Waals surface area contributed by atoms with Crippen molar-refractivity contribution in [3.8, 4) is 11.5 Å². The number of halogens is 1. The number of rotatable bonds is 6. The van der Waals surface area contributed by atoms with E-state index in [2.05, 4.69) is 0 Å². The summed E-state index contributed by atoms with van der Waals surface area (Å²) < 4.78 is 10.5. The molecule has 0 radical (unpaired) electrons. The number of amides is 3. The van der Waals surface area contributed by atoms with Crippen molar-refractivity contribution in [3.05, 3.63) is 58.1 Å². The highest BCUT2D eigenvalue weighted by Gasteiger charge is 2.34. The zero-order chi connectivity index (χ0) is 21.1. The Morgan fingerprint density at radius 1 is 1.17 bits per heavy atom. The molecular formula is C20H20ClN3O5. The first kappa shape index (κ1) is 20.5. The van der Waals surface area contributed by atoms with Crippen LogP contribution in [-0.2, 0) is 22.6 Å². The van der Waals surface area contributed by atoms with Gasteiger partial charge in [0, 0.05) is 18.5 Å². The average Bonchev–Trinajstić information content (AvgIpc) is 2.70. The molecule has 9 heteroatoms. The van der Waals surface area contributed by atoms with Crippen LogP contribution in [-0.4, -0.2) is 42.4 Å². The lowest BCUT2D eigenvalue weighted by Gasteiger charge is -2.35. The van der Waals surface area contributed by atoms with Gasteiger partial charge >= 0.3 is 0 Å². The third-order valence-corrected chi connectivity index (χ3v) is 4.95. The molecule has 3 amide bonds. The second-order valence-electron chi connectivity index (χ2n) is 6.57. The fraction of sp³-hybridized carbons (Fsp3) is 0.250. The van der Waals surface area contributed by atoms with Crippen molar-refractivity contribution in [3.63, 3.8) is 0 Å². The molecule has 0 saturated heterocycles. The summed E-state index contributed by atoms with van der Waals surface area (Å²) in [6, 6.07) is 9.61. The third-order valence-electron chi connectivity index (χ3n) is 4.67. The van der Waals surface area contributed by atoms with Crippen LogP contribution in [0.25, 0.3) is 0 Å². The number of nitrogens with two attached hydrogens (primary N) is 2. The van der Waals surface area contributed by atoms with Crippen LogP contribution in [0.2, 0.25) is 5.02 Å². The minimum atomic E-state index is -0.784. The molecule has 0 fully saturated rings. The summed E-state index contributed by atoms with van der Waals surface area (Å²) >= 11 is 6.24. The summed E-state index contributed by atoms with van der Waals surface area (Å²) in [5.74, 6) is -1.44. The summed E-state index contributed by atoms with van der Waals surface area (Å²) in [5.41, 5.74) is 12.8. The normalized spacial score (nSPS) is 15.4. The third kappa shape index (κ3) is 4.27. The van der Waals surface area contributed by atoms with E-state index in [0.29, 0.717) is 6.42 Å². The number of hydrogen-bond acceptors (Lipinski definition) is 5. The highest BCUT2D eigenvalue weighted by molar-refractivity contribution is 6.32. The highest BCUT2D eigenvalue weighted by atomic mass is 35.5. The van der Waals surface area contributed by atoms with Crippen LogP contribution in [0.3, 0.4) is 0 Å². The summed E-state index contributed by atoms with van der Waals surface area (Å²) in [4.78, 5) is 37.6. The molecule has 0 aromatic heterocycles. The van der Waals surface area contributed by atoms with E-state index in [1.54, 1.807) is 0 Å². The van der Waals surface area contributed by atoms with Crippen molar-refractivity contribution in [2.45, 2.75) is 19.0 Å². The molecule has 8 nitrogen and oxygen atoms in total. The van der Waals surface area contributed by atoms with Gasteiger partial charge in [0.05, 0.1) is 12.1 Å². The molecule has 152 valence electrons. The van der Waals surface area contributed by atoms with Gasteiger partial charge in [-0.1, -0.05) is 35.9 Å². The lowest BCUT2D eigenvalue weighted by atomic mass is 9.93. The van der Waals surface area contributed by atoms with Crippen LogP contribution in [0.5, 0.6) is 11.5 Å². The Morgan fingerprint density at radius 3 is 2.48 bits per heavy atom. The van der Waals surface area contributed by atoms with Crippen molar-refractivity contribution in [1.29, 1.82) is 0 Å². The average molecular weight is 418 g/mol. The van der Waals surface area contributed by atoms with Gasteiger partial charge in [-0.3, -0.25) is 14.4 Å². The largest absolute Gasteiger partial charge is 0.493 e. The number of fused-ring (bicyclic) bond motifs is 1. The van der Waals surface area contributed by atoms with E-state index in [1.807, 2.05) is 24.3 Å². The highest BCUT2D eigenvalue weighted by Crippen LogP contribution is 2.37. The predicted molar refractivity (Wildman–Crippen MR) is 106 cm³/mol. The van der Waals surface area contributed by atoms with E-state index in [1.165, 1.54) is 24.1 Å². The summed E-state index contributed by atoms with van der Waals surface area (Å²) in [7, 11) is 1.38.